The fraction of sp³-hybridized carbons (Fsp3) is 0. The highest BCUT2D eigenvalue weighted by molar-refractivity contribution is 6.42. The maximum atomic E-state index is 9.34. The normalized spacial score (nSPS) is 10.5. The highest BCUT2D eigenvalue weighted by Crippen LogP contribution is 2.33. The molecule has 3 rings (SSSR count). The summed E-state index contributed by atoms with van der Waals surface area (Å²) < 4.78 is 0. The van der Waals surface area contributed by atoms with Crippen molar-refractivity contribution in [3.05, 3.63) is 74.4 Å². The van der Waals surface area contributed by atoms with Crippen molar-refractivity contribution >= 4 is 46.4 Å². The lowest BCUT2D eigenvalue weighted by Gasteiger charge is -2.09. The maximum Gasteiger partial charge on any atom is 0.148 e. The van der Waals surface area contributed by atoms with Crippen molar-refractivity contribution in [2.24, 2.45) is 0 Å². The minimum Gasteiger partial charge on any atom is -0.244 e. The Morgan fingerprint density at radius 3 is 1.88 bits per heavy atom. The number of nitriles is 1. The summed E-state index contributed by atoms with van der Waals surface area (Å²) in [4.78, 5) is 4.24. The summed E-state index contributed by atoms with van der Waals surface area (Å²) in [7, 11) is 0. The van der Waals surface area contributed by atoms with Crippen LogP contribution in [0.2, 0.25) is 20.1 Å². The third-order valence-corrected chi connectivity index (χ3v) is 4.96. The fourth-order valence-electron chi connectivity index (χ4n) is 2.27. The summed E-state index contributed by atoms with van der Waals surface area (Å²) in [5.74, 6) is 0. The summed E-state index contributed by atoms with van der Waals surface area (Å²) in [5, 5.41) is 11.1. The number of rotatable bonds is 2. The van der Waals surface area contributed by atoms with E-state index in [-0.39, 0.29) is 0 Å². The first kappa shape index (κ1) is 17.1. The van der Waals surface area contributed by atoms with Gasteiger partial charge in [0, 0.05) is 17.3 Å². The molecule has 2 aromatic carbocycles. The van der Waals surface area contributed by atoms with Gasteiger partial charge in [0.25, 0.3) is 0 Å². The van der Waals surface area contributed by atoms with Crippen molar-refractivity contribution in [1.29, 1.82) is 5.26 Å². The lowest BCUT2D eigenvalue weighted by molar-refractivity contribution is 1.27. The number of pyridine rings is 1. The zero-order valence-electron chi connectivity index (χ0n) is 12.0. The van der Waals surface area contributed by atoms with Crippen LogP contribution in [0, 0.1) is 11.3 Å². The first-order valence-electron chi connectivity index (χ1n) is 6.80. The Labute approximate surface area is 159 Å². The molecule has 0 saturated heterocycles. The van der Waals surface area contributed by atoms with E-state index in [0.29, 0.717) is 31.3 Å². The second-order valence-electron chi connectivity index (χ2n) is 4.99. The Kier molecular flexibility index (Phi) is 4.99. The van der Waals surface area contributed by atoms with E-state index in [9.17, 15) is 5.26 Å². The van der Waals surface area contributed by atoms with E-state index >= 15 is 0 Å². The molecule has 0 N–H and O–H groups in total. The van der Waals surface area contributed by atoms with Gasteiger partial charge >= 0.3 is 0 Å². The Hall–Kier alpha value is -1.76. The van der Waals surface area contributed by atoms with Gasteiger partial charge in [0.15, 0.2) is 0 Å². The third-order valence-electron chi connectivity index (χ3n) is 3.48. The predicted molar refractivity (Wildman–Crippen MR) is 99.9 cm³/mol. The lowest BCUT2D eigenvalue weighted by atomic mass is 9.99. The van der Waals surface area contributed by atoms with Crippen molar-refractivity contribution in [3.8, 4) is 28.3 Å². The number of benzene rings is 2. The Morgan fingerprint density at radius 1 is 0.708 bits per heavy atom. The molecule has 3 aromatic rings. The molecule has 0 spiro atoms. The van der Waals surface area contributed by atoms with Gasteiger partial charge in [-0.1, -0.05) is 58.5 Å². The van der Waals surface area contributed by atoms with Crippen LogP contribution in [0.15, 0.2) is 48.7 Å². The van der Waals surface area contributed by atoms with Crippen LogP contribution in [-0.2, 0) is 0 Å². The molecule has 0 bridgehead atoms. The van der Waals surface area contributed by atoms with Crippen molar-refractivity contribution in [3.63, 3.8) is 0 Å². The third kappa shape index (κ3) is 3.36. The summed E-state index contributed by atoms with van der Waals surface area (Å²) in [5.41, 5.74) is 3.39. The van der Waals surface area contributed by atoms with Crippen LogP contribution in [0.4, 0.5) is 0 Å². The highest BCUT2D eigenvalue weighted by Gasteiger charge is 2.11. The number of nitrogens with zero attached hydrogens (tertiary/aromatic N) is 2. The van der Waals surface area contributed by atoms with Crippen LogP contribution in [0.25, 0.3) is 22.3 Å². The van der Waals surface area contributed by atoms with Gasteiger partial charge in [-0.3, -0.25) is 0 Å². The quantitative estimate of drug-likeness (QED) is 0.474. The van der Waals surface area contributed by atoms with Crippen molar-refractivity contribution in [2.45, 2.75) is 0 Å². The van der Waals surface area contributed by atoms with E-state index in [1.165, 1.54) is 0 Å². The van der Waals surface area contributed by atoms with Crippen LogP contribution in [-0.4, -0.2) is 4.98 Å². The first-order chi connectivity index (χ1) is 11.5. The monoisotopic (exact) mass is 392 g/mol. The smallest absolute Gasteiger partial charge is 0.148 e. The van der Waals surface area contributed by atoms with Gasteiger partial charge in [0.05, 0.1) is 20.1 Å². The van der Waals surface area contributed by atoms with E-state index in [1.807, 2.05) is 12.1 Å². The molecule has 2 nitrogen and oxygen atoms in total. The Balaban J connectivity index is 2.16. The molecular formula is C18H8Cl4N2. The second kappa shape index (κ2) is 7.01. The van der Waals surface area contributed by atoms with E-state index in [0.717, 1.165) is 16.7 Å². The standard InChI is InChI=1S/C18H8Cl4N2/c19-14-3-1-10(6-16(14)21)12-5-13(18(8-23)24-9-12)11-2-4-15(20)17(22)7-11/h1-7,9H. The number of halogens is 4. The molecule has 0 atom stereocenters. The lowest BCUT2D eigenvalue weighted by Crippen LogP contribution is -1.91. The van der Waals surface area contributed by atoms with Crippen LogP contribution >= 0.6 is 46.4 Å². The van der Waals surface area contributed by atoms with Crippen molar-refractivity contribution in [1.82, 2.24) is 4.98 Å². The topological polar surface area (TPSA) is 36.7 Å². The molecule has 0 saturated carbocycles. The second-order valence-corrected chi connectivity index (χ2v) is 6.62. The van der Waals surface area contributed by atoms with Gasteiger partial charge < -0.3 is 0 Å². The molecule has 118 valence electrons. The average molecular weight is 394 g/mol. The van der Waals surface area contributed by atoms with Gasteiger partial charge in [-0.05, 0) is 41.5 Å². The summed E-state index contributed by atoms with van der Waals surface area (Å²) in [6.45, 7) is 0. The van der Waals surface area contributed by atoms with Gasteiger partial charge in [-0.15, -0.1) is 0 Å². The molecule has 24 heavy (non-hydrogen) atoms. The molecule has 6 heteroatoms. The SMILES string of the molecule is N#Cc1ncc(-c2ccc(Cl)c(Cl)c2)cc1-c1ccc(Cl)c(Cl)c1. The largest absolute Gasteiger partial charge is 0.244 e. The molecule has 0 aliphatic carbocycles. The van der Waals surface area contributed by atoms with Crippen LogP contribution in [0.3, 0.4) is 0 Å². The molecule has 1 heterocycles. The van der Waals surface area contributed by atoms with Gasteiger partial charge in [-0.2, -0.15) is 5.26 Å². The minimum atomic E-state index is 0.303. The fourth-order valence-corrected chi connectivity index (χ4v) is 2.87. The van der Waals surface area contributed by atoms with Gasteiger partial charge in [-0.25, -0.2) is 4.98 Å². The molecule has 0 unspecified atom stereocenters. The highest BCUT2D eigenvalue weighted by atomic mass is 35.5. The predicted octanol–water partition coefficient (Wildman–Crippen LogP) is 6.90. The molecule has 0 radical (unpaired) electrons. The van der Waals surface area contributed by atoms with E-state index in [1.54, 1.807) is 36.5 Å². The Bertz CT molecular complexity index is 977. The Morgan fingerprint density at radius 2 is 1.29 bits per heavy atom. The summed E-state index contributed by atoms with van der Waals surface area (Å²) in [6, 6.07) is 14.5. The summed E-state index contributed by atoms with van der Waals surface area (Å²) in [6.07, 6.45) is 1.62. The molecule has 0 fully saturated rings. The summed E-state index contributed by atoms with van der Waals surface area (Å²) >= 11 is 24.1. The zero-order chi connectivity index (χ0) is 17.3. The van der Waals surface area contributed by atoms with Crippen molar-refractivity contribution in [2.75, 3.05) is 0 Å². The van der Waals surface area contributed by atoms with Crippen LogP contribution in [0.5, 0.6) is 0 Å². The maximum absolute atomic E-state index is 9.34. The first-order valence-corrected chi connectivity index (χ1v) is 8.32. The van der Waals surface area contributed by atoms with Gasteiger partial charge in [0.2, 0.25) is 0 Å². The zero-order valence-corrected chi connectivity index (χ0v) is 15.0. The average Bonchev–Trinajstić information content (AvgIpc) is 2.59. The van der Waals surface area contributed by atoms with Gasteiger partial charge in [0.1, 0.15) is 11.8 Å². The molecule has 0 aliphatic rings. The molecular weight excluding hydrogens is 386 g/mol. The minimum absolute atomic E-state index is 0.303. The molecule has 0 aliphatic heterocycles. The number of hydrogen-bond acceptors (Lipinski definition) is 2. The van der Waals surface area contributed by atoms with E-state index < -0.39 is 0 Å². The van der Waals surface area contributed by atoms with E-state index in [4.69, 9.17) is 46.4 Å². The molecule has 1 aromatic heterocycles. The van der Waals surface area contributed by atoms with E-state index in [2.05, 4.69) is 11.1 Å². The van der Waals surface area contributed by atoms with Crippen LogP contribution < -0.4 is 0 Å². The number of hydrogen-bond donors (Lipinski definition) is 0. The number of aromatic nitrogens is 1. The van der Waals surface area contributed by atoms with Crippen LogP contribution in [0.1, 0.15) is 5.69 Å². The molecule has 0 amide bonds. The van der Waals surface area contributed by atoms with Crippen molar-refractivity contribution < 1.29 is 0 Å².